The number of carbonyl (C=O) groups is 1. The Kier molecular flexibility index (Phi) is 6.44. The Morgan fingerprint density at radius 3 is 2.38 bits per heavy atom. The van der Waals surface area contributed by atoms with E-state index in [0.29, 0.717) is 0 Å². The number of amidine groups is 1. The molecule has 0 aliphatic rings. The highest BCUT2D eigenvalue weighted by molar-refractivity contribution is 6.07. The fourth-order valence-electron chi connectivity index (χ4n) is 2.23. The summed E-state index contributed by atoms with van der Waals surface area (Å²) < 4.78 is 46.6. The summed E-state index contributed by atoms with van der Waals surface area (Å²) in [7, 11) is 0. The predicted molar refractivity (Wildman–Crippen MR) is 87.0 cm³/mol. The van der Waals surface area contributed by atoms with Crippen molar-refractivity contribution in [1.29, 1.82) is 0 Å². The lowest BCUT2D eigenvalue weighted by molar-refractivity contribution is -0.274. The summed E-state index contributed by atoms with van der Waals surface area (Å²) in [4.78, 5) is 12.0. The number of halogens is 3. The molecule has 0 heterocycles. The molecule has 1 atom stereocenters. The number of ether oxygens (including phenoxy) is 2. The number of carboxylic acids is 1. The molecule has 1 unspecified atom stereocenters. The molecule has 0 radical (unpaired) electrons. The normalized spacial score (nSPS) is 15.3. The number of alkyl halides is 3. The summed E-state index contributed by atoms with van der Waals surface area (Å²) in [6.45, 7) is 4.78. The summed E-state index contributed by atoms with van der Waals surface area (Å²) in [6, 6.07) is 4.83. The molecule has 6 N–H and O–H groups in total. The summed E-state index contributed by atoms with van der Waals surface area (Å²) >= 11 is 0. The number of nitrogens with zero attached hydrogens (tertiary/aromatic N) is 1. The minimum Gasteiger partial charge on any atom is -0.479 e. The van der Waals surface area contributed by atoms with Gasteiger partial charge in [-0.1, -0.05) is 12.1 Å². The van der Waals surface area contributed by atoms with Gasteiger partial charge in [-0.05, 0) is 38.5 Å². The van der Waals surface area contributed by atoms with Crippen LogP contribution in [0.5, 0.6) is 5.75 Å². The van der Waals surface area contributed by atoms with Gasteiger partial charge in [0.2, 0.25) is 5.60 Å². The van der Waals surface area contributed by atoms with Crippen molar-refractivity contribution in [3.05, 3.63) is 29.8 Å². The number of nitrogens with one attached hydrogen (secondary N) is 1. The molecule has 0 fully saturated rings. The zero-order valence-corrected chi connectivity index (χ0v) is 14.4. The Morgan fingerprint density at radius 2 is 1.92 bits per heavy atom. The average molecular weight is 378 g/mol. The number of rotatable bonds is 7. The molecule has 0 amide bonds. The predicted octanol–water partition coefficient (Wildman–Crippen LogP) is 1.50. The number of carboxylic acid groups (broad SMARTS) is 1. The molecule has 1 aromatic carbocycles. The third-order valence-electron chi connectivity index (χ3n) is 3.01. The van der Waals surface area contributed by atoms with Crippen LogP contribution in [-0.4, -0.2) is 34.5 Å². The van der Waals surface area contributed by atoms with Crippen LogP contribution in [0.2, 0.25) is 0 Å². The quantitative estimate of drug-likeness (QED) is 0.245. The van der Waals surface area contributed by atoms with Gasteiger partial charge in [-0.3, -0.25) is 0 Å². The first-order chi connectivity index (χ1) is 11.8. The molecule has 0 saturated heterocycles. The molecule has 0 aromatic heterocycles. The van der Waals surface area contributed by atoms with Gasteiger partial charge in [-0.25, -0.2) is 16.2 Å². The molecule has 8 nitrogen and oxygen atoms in total. The van der Waals surface area contributed by atoms with Crippen LogP contribution in [0.1, 0.15) is 26.3 Å². The van der Waals surface area contributed by atoms with Gasteiger partial charge in [0, 0.05) is 6.42 Å². The highest BCUT2D eigenvalue weighted by Crippen LogP contribution is 2.29. The van der Waals surface area contributed by atoms with E-state index in [4.69, 9.17) is 16.3 Å². The van der Waals surface area contributed by atoms with E-state index in [1.54, 1.807) is 20.8 Å². The molecule has 0 aliphatic carbocycles. The minimum absolute atomic E-state index is 0.175. The molecule has 1 rings (SSSR count). The fraction of sp³-hybridized carbons (Fsp3) is 0.467. The zero-order valence-electron chi connectivity index (χ0n) is 14.4. The van der Waals surface area contributed by atoms with Crippen molar-refractivity contribution in [1.82, 2.24) is 5.53 Å². The Bertz CT molecular complexity index is 674. The zero-order chi connectivity index (χ0) is 20.2. The monoisotopic (exact) mass is 378 g/mol. The van der Waals surface area contributed by atoms with Crippen molar-refractivity contribution < 1.29 is 32.5 Å². The molecular formula is C15H21F3N4O4. The van der Waals surface area contributed by atoms with Crippen molar-refractivity contribution in [3.63, 3.8) is 0 Å². The van der Waals surface area contributed by atoms with Crippen LogP contribution in [0.15, 0.2) is 29.4 Å². The van der Waals surface area contributed by atoms with Crippen LogP contribution >= 0.6 is 0 Å². The number of aliphatic carboxylic acids is 1. The average Bonchev–Trinajstić information content (AvgIpc) is 2.43. The lowest BCUT2D eigenvalue weighted by Crippen LogP contribution is -2.58. The molecule has 1 aromatic rings. The van der Waals surface area contributed by atoms with Gasteiger partial charge >= 0.3 is 12.3 Å². The highest BCUT2D eigenvalue weighted by atomic mass is 19.4. The first-order valence-electron chi connectivity index (χ1n) is 7.36. The van der Waals surface area contributed by atoms with E-state index in [0.717, 1.165) is 12.1 Å². The molecule has 0 spiro atoms. The minimum atomic E-state index is -4.88. The summed E-state index contributed by atoms with van der Waals surface area (Å²) in [5.74, 6) is 2.59. The first kappa shape index (κ1) is 21.5. The van der Waals surface area contributed by atoms with Gasteiger partial charge in [0.1, 0.15) is 5.75 Å². The molecule has 11 heteroatoms. The van der Waals surface area contributed by atoms with Crippen LogP contribution in [0, 0.1) is 0 Å². The van der Waals surface area contributed by atoms with Gasteiger partial charge in [-0.2, -0.15) is 0 Å². The van der Waals surface area contributed by atoms with Gasteiger partial charge in [0.25, 0.3) is 0 Å². The standard InChI is InChI=1S/C15H21F3N4O4/c1-13(2,3)26-14(12(23)24,11(19)21-22-20)8-9-5-4-6-10(7-9)25-15(16,17)18/h4-7,22H,8,20H2,1-3H3,(H2,19,21)(H,23,24). The maximum atomic E-state index is 12.4. The number of hydrogen-bond acceptors (Lipinski definition) is 6. The molecular weight excluding hydrogens is 357 g/mol. The molecule has 0 bridgehead atoms. The van der Waals surface area contributed by atoms with Crippen LogP contribution < -0.4 is 21.8 Å². The molecule has 146 valence electrons. The third-order valence-corrected chi connectivity index (χ3v) is 3.01. The van der Waals surface area contributed by atoms with Crippen LogP contribution in [0.3, 0.4) is 0 Å². The Balaban J connectivity index is 3.35. The second-order valence-electron chi connectivity index (χ2n) is 6.34. The van der Waals surface area contributed by atoms with E-state index in [1.165, 1.54) is 12.1 Å². The first-order valence-corrected chi connectivity index (χ1v) is 7.36. The van der Waals surface area contributed by atoms with Gasteiger partial charge in [-0.15, -0.1) is 18.3 Å². The number of benzene rings is 1. The number of hydrazine groups is 1. The van der Waals surface area contributed by atoms with Crippen molar-refractivity contribution in [2.24, 2.45) is 16.7 Å². The van der Waals surface area contributed by atoms with E-state index in [-0.39, 0.29) is 5.56 Å². The third kappa shape index (κ3) is 6.08. The van der Waals surface area contributed by atoms with E-state index in [2.05, 4.69) is 9.84 Å². The van der Waals surface area contributed by atoms with Crippen molar-refractivity contribution >= 4 is 11.8 Å². The second-order valence-corrected chi connectivity index (χ2v) is 6.34. The van der Waals surface area contributed by atoms with Crippen LogP contribution in [0.4, 0.5) is 13.2 Å². The Morgan fingerprint density at radius 1 is 1.31 bits per heavy atom. The van der Waals surface area contributed by atoms with E-state index in [9.17, 15) is 23.1 Å². The Hall–Kier alpha value is -2.53. The summed E-state index contributed by atoms with van der Waals surface area (Å²) in [6.07, 6.45) is -5.29. The second kappa shape index (κ2) is 7.79. The smallest absolute Gasteiger partial charge is 0.479 e. The lowest BCUT2D eigenvalue weighted by atomic mass is 9.91. The highest BCUT2D eigenvalue weighted by Gasteiger charge is 2.47. The molecule has 0 aliphatic heterocycles. The number of nitrogens with two attached hydrogens (primary N) is 2. The van der Waals surface area contributed by atoms with E-state index in [1.807, 2.05) is 5.53 Å². The van der Waals surface area contributed by atoms with Gasteiger partial charge in [0.05, 0.1) is 5.60 Å². The van der Waals surface area contributed by atoms with E-state index >= 15 is 0 Å². The lowest BCUT2D eigenvalue weighted by Gasteiger charge is -2.35. The van der Waals surface area contributed by atoms with Crippen molar-refractivity contribution in [2.75, 3.05) is 0 Å². The SMILES string of the molecule is CC(C)(C)OC(Cc1cccc(OC(F)(F)F)c1)(C(=O)O)/C(N)=N/NN. The summed E-state index contributed by atoms with van der Waals surface area (Å²) in [5, 5.41) is 13.2. The maximum Gasteiger partial charge on any atom is 0.573 e. The van der Waals surface area contributed by atoms with E-state index < -0.39 is 41.5 Å². The molecule has 26 heavy (non-hydrogen) atoms. The van der Waals surface area contributed by atoms with Gasteiger partial charge in [0.15, 0.2) is 5.84 Å². The number of hydrazone groups is 1. The topological polar surface area (TPSA) is 132 Å². The van der Waals surface area contributed by atoms with Gasteiger partial charge < -0.3 is 20.3 Å². The van der Waals surface area contributed by atoms with Crippen molar-refractivity contribution in [2.45, 2.75) is 44.8 Å². The Labute approximate surface area is 147 Å². The summed E-state index contributed by atoms with van der Waals surface area (Å²) in [5.41, 5.74) is 4.68. The van der Waals surface area contributed by atoms with Crippen LogP contribution in [-0.2, 0) is 16.0 Å². The largest absolute Gasteiger partial charge is 0.573 e. The fourth-order valence-corrected chi connectivity index (χ4v) is 2.23. The van der Waals surface area contributed by atoms with Crippen LogP contribution in [0.25, 0.3) is 0 Å². The molecule has 0 saturated carbocycles. The van der Waals surface area contributed by atoms with Crippen molar-refractivity contribution in [3.8, 4) is 5.75 Å². The number of hydrogen-bond donors (Lipinski definition) is 4. The maximum absolute atomic E-state index is 12.4.